The van der Waals surface area contributed by atoms with E-state index in [0.29, 0.717) is 5.92 Å². The van der Waals surface area contributed by atoms with E-state index in [0.717, 1.165) is 17.7 Å². The fraction of sp³-hybridized carbons (Fsp3) is 0.250. The van der Waals surface area contributed by atoms with Gasteiger partial charge in [0.1, 0.15) is 0 Å². The molecular weight excluding hydrogens is 526 g/mol. The average Bonchev–Trinajstić information content (AvgIpc) is 2.66. The second-order valence-electron chi connectivity index (χ2n) is 6.62. The third-order valence-electron chi connectivity index (χ3n) is 4.36. The molecule has 0 aliphatic rings. The number of aliphatic hydroxyl groups excluding tert-OH is 1. The summed E-state index contributed by atoms with van der Waals surface area (Å²) in [5, 5.41) is 10.8. The molecule has 151 valence electrons. The number of hydrogen-bond acceptors (Lipinski definition) is 3. The van der Waals surface area contributed by atoms with E-state index in [1.165, 1.54) is 36.3 Å². The number of allylic oxidation sites excluding steroid dienone is 2. The van der Waals surface area contributed by atoms with Crippen molar-refractivity contribution < 1.29 is 31.4 Å². The summed E-state index contributed by atoms with van der Waals surface area (Å²) >= 11 is 0. The summed E-state index contributed by atoms with van der Waals surface area (Å²) in [6.45, 7) is 7.31. The maximum absolute atomic E-state index is 10.0. The summed E-state index contributed by atoms with van der Waals surface area (Å²) in [4.78, 5) is 14.6. The van der Waals surface area contributed by atoms with Crippen molar-refractivity contribution in [2.45, 2.75) is 40.0 Å². The van der Waals surface area contributed by atoms with Crippen LogP contribution in [0.3, 0.4) is 0 Å². The van der Waals surface area contributed by atoms with Gasteiger partial charge in [-0.3, -0.25) is 4.79 Å². The summed E-state index contributed by atoms with van der Waals surface area (Å²) in [5.74, 6) is 0.522. The van der Waals surface area contributed by atoms with Crippen LogP contribution in [0.1, 0.15) is 47.0 Å². The smallest absolute Gasteiger partial charge is 0.155 e. The molecule has 0 spiro atoms. The van der Waals surface area contributed by atoms with Crippen molar-refractivity contribution in [3.8, 4) is 11.3 Å². The Bertz CT molecular complexity index is 930. The molecule has 1 N–H and O–H groups in total. The molecule has 1 aromatic heterocycles. The molecule has 3 nitrogen and oxygen atoms in total. The van der Waals surface area contributed by atoms with Crippen LogP contribution in [0.25, 0.3) is 22.0 Å². The zero-order chi connectivity index (χ0) is 19.8. The number of nitrogens with zero attached hydrogens (tertiary/aromatic N) is 1. The zero-order valence-electron chi connectivity index (χ0n) is 16.7. The first-order chi connectivity index (χ1) is 12.9. The van der Waals surface area contributed by atoms with Gasteiger partial charge in [-0.1, -0.05) is 50.5 Å². The van der Waals surface area contributed by atoms with Gasteiger partial charge in [-0.05, 0) is 36.4 Å². The van der Waals surface area contributed by atoms with Gasteiger partial charge in [-0.25, -0.2) is 0 Å². The molecule has 0 aliphatic heterocycles. The number of carbonyl (C=O) groups is 1. The number of ketones is 1. The van der Waals surface area contributed by atoms with Crippen LogP contribution in [0.2, 0.25) is 0 Å². The van der Waals surface area contributed by atoms with Crippen LogP contribution >= 0.6 is 0 Å². The first kappa shape index (κ1) is 23.7. The Morgan fingerprint density at radius 1 is 1.21 bits per heavy atom. The third-order valence-corrected chi connectivity index (χ3v) is 4.36. The molecule has 28 heavy (non-hydrogen) atoms. The molecular formula is C24H28IrNO2-. The van der Waals surface area contributed by atoms with Crippen molar-refractivity contribution in [2.24, 2.45) is 0 Å². The van der Waals surface area contributed by atoms with Crippen LogP contribution in [0.5, 0.6) is 0 Å². The fourth-order valence-electron chi connectivity index (χ4n) is 2.75. The Kier molecular flexibility index (Phi) is 9.78. The number of aliphatic hydroxyl groups is 1. The van der Waals surface area contributed by atoms with Gasteiger partial charge in [0.25, 0.3) is 0 Å². The van der Waals surface area contributed by atoms with Crippen molar-refractivity contribution in [1.29, 1.82) is 0 Å². The minimum absolute atomic E-state index is 0. The number of rotatable bonds is 4. The van der Waals surface area contributed by atoms with Gasteiger partial charge < -0.3 is 10.1 Å². The number of fused-ring (bicyclic) bond motifs is 1. The largest absolute Gasteiger partial charge is 0.512 e. The van der Waals surface area contributed by atoms with Gasteiger partial charge in [-0.2, -0.15) is 0 Å². The van der Waals surface area contributed by atoms with Crippen LogP contribution in [-0.4, -0.2) is 15.9 Å². The van der Waals surface area contributed by atoms with E-state index in [2.05, 4.69) is 67.4 Å². The Morgan fingerprint density at radius 2 is 1.93 bits per heavy atom. The van der Waals surface area contributed by atoms with Crippen LogP contribution in [0, 0.1) is 6.07 Å². The summed E-state index contributed by atoms with van der Waals surface area (Å²) in [6, 6.07) is 20.2. The fourth-order valence-corrected chi connectivity index (χ4v) is 2.75. The molecule has 0 saturated heterocycles. The number of hydrogen-bond donors (Lipinski definition) is 1. The Morgan fingerprint density at radius 3 is 2.46 bits per heavy atom. The Labute approximate surface area is 182 Å². The molecule has 2 aromatic carbocycles. The minimum atomic E-state index is -0.125. The molecule has 0 bridgehead atoms. The van der Waals surface area contributed by atoms with E-state index in [1.54, 1.807) is 0 Å². The number of pyridine rings is 1. The van der Waals surface area contributed by atoms with E-state index in [-0.39, 0.29) is 33.1 Å². The second kappa shape index (κ2) is 11.5. The Balaban J connectivity index is 0.000000761. The monoisotopic (exact) mass is 556 g/mol. The van der Waals surface area contributed by atoms with Gasteiger partial charge in [0.15, 0.2) is 5.78 Å². The summed E-state index contributed by atoms with van der Waals surface area (Å²) in [6.07, 6.45) is 4.19. The summed E-state index contributed by atoms with van der Waals surface area (Å²) < 4.78 is 0. The zero-order valence-corrected chi connectivity index (χ0v) is 19.1. The molecule has 4 heteroatoms. The molecule has 0 saturated carbocycles. The van der Waals surface area contributed by atoms with Crippen LogP contribution < -0.4 is 0 Å². The van der Waals surface area contributed by atoms with E-state index in [4.69, 9.17) is 5.11 Å². The van der Waals surface area contributed by atoms with Crippen LogP contribution in [-0.2, 0) is 24.9 Å². The van der Waals surface area contributed by atoms with E-state index in [1.807, 2.05) is 12.3 Å². The van der Waals surface area contributed by atoms with E-state index < -0.39 is 0 Å². The van der Waals surface area contributed by atoms with Crippen molar-refractivity contribution in [1.82, 2.24) is 4.98 Å². The first-order valence-corrected chi connectivity index (χ1v) is 9.16. The second-order valence-corrected chi connectivity index (χ2v) is 6.62. The molecule has 0 amide bonds. The van der Waals surface area contributed by atoms with Crippen molar-refractivity contribution in [3.05, 3.63) is 78.2 Å². The molecule has 1 radical (unpaired) electrons. The summed E-state index contributed by atoms with van der Waals surface area (Å²) in [7, 11) is 0. The molecule has 3 rings (SSSR count). The van der Waals surface area contributed by atoms with Gasteiger partial charge in [0.2, 0.25) is 0 Å². The van der Waals surface area contributed by atoms with Gasteiger partial charge in [-0.15, -0.1) is 35.4 Å². The first-order valence-electron chi connectivity index (χ1n) is 9.16. The molecule has 0 fully saturated rings. The predicted octanol–water partition coefficient (Wildman–Crippen LogP) is 6.50. The van der Waals surface area contributed by atoms with Crippen molar-refractivity contribution in [2.75, 3.05) is 0 Å². The number of carbonyl (C=O) groups excluding carboxylic acids is 1. The quantitative estimate of drug-likeness (QED) is 0.227. The minimum Gasteiger partial charge on any atom is -0.512 e. The molecule has 1 unspecified atom stereocenters. The van der Waals surface area contributed by atoms with Gasteiger partial charge >= 0.3 is 0 Å². The average molecular weight is 556 g/mol. The molecule has 0 aliphatic carbocycles. The normalized spacial score (nSPS) is 11.8. The SMILES string of the molecule is CC(=O)C=C(C)O.CCC(C)c1c[c-]c(-c2nccc3ccccc23)cc1.[2HH].[Ir]. The van der Waals surface area contributed by atoms with Crippen LogP contribution in [0.15, 0.2) is 66.6 Å². The standard InChI is InChI=1S/C19H18N.C5H8O2.Ir.H2/c1-3-14(2)15-8-10-17(11-9-15)19-18-7-5-4-6-16(18)12-13-20-19;1-4(6)3-5(2)7;;/h4-10,12-14H,3H2,1-2H3;3,6H,1-2H3;;1H/q-1;;;/i;;;1+1. The Hall–Kier alpha value is -2.29. The predicted molar refractivity (Wildman–Crippen MR) is 114 cm³/mol. The van der Waals surface area contributed by atoms with Crippen molar-refractivity contribution >= 4 is 16.6 Å². The van der Waals surface area contributed by atoms with Gasteiger partial charge in [0.05, 0.1) is 5.76 Å². The van der Waals surface area contributed by atoms with Crippen molar-refractivity contribution in [3.63, 3.8) is 0 Å². The van der Waals surface area contributed by atoms with Crippen LogP contribution in [0.4, 0.5) is 0 Å². The van der Waals surface area contributed by atoms with Gasteiger partial charge in [0, 0.05) is 33.8 Å². The van der Waals surface area contributed by atoms with E-state index in [9.17, 15) is 4.79 Å². The maximum Gasteiger partial charge on any atom is 0.155 e. The molecule has 1 heterocycles. The topological polar surface area (TPSA) is 50.2 Å². The molecule has 3 aromatic rings. The molecule has 1 atom stereocenters. The number of benzene rings is 2. The van der Waals surface area contributed by atoms with E-state index >= 15 is 0 Å². The number of aromatic nitrogens is 1. The third kappa shape index (κ3) is 6.70. The summed E-state index contributed by atoms with van der Waals surface area (Å²) in [5.41, 5.74) is 3.42. The maximum atomic E-state index is 10.0.